The molecule has 3 aromatic rings. The first-order chi connectivity index (χ1) is 12.5. The Hall–Kier alpha value is -2.53. The molecule has 0 aromatic heterocycles. The smallest absolute Gasteiger partial charge is 0.265 e. The van der Waals surface area contributed by atoms with E-state index >= 15 is 0 Å². The lowest BCUT2D eigenvalue weighted by atomic mass is 10.1. The molecule has 0 amide bonds. The van der Waals surface area contributed by atoms with Gasteiger partial charge in [-0.05, 0) is 44.0 Å². The lowest BCUT2D eigenvalue weighted by Crippen LogP contribution is -2.35. The Bertz CT molecular complexity index is 1080. The van der Waals surface area contributed by atoms with Gasteiger partial charge in [0, 0.05) is 16.8 Å². The third-order valence-electron chi connectivity index (χ3n) is 4.83. The molecule has 0 saturated carbocycles. The second kappa shape index (κ2) is 6.32. The monoisotopic (exact) mass is 367 g/mol. The molecule has 4 rings (SSSR count). The predicted octanol–water partition coefficient (Wildman–Crippen LogP) is 4.38. The fraction of sp³-hybridized carbons (Fsp3) is 0.238. The lowest BCUT2D eigenvalue weighted by molar-refractivity contribution is 0.344. The number of sulfonamides is 1. The molecular formula is C21H21NO3S. The molecular weight excluding hydrogens is 346 g/mol. The molecule has 0 aliphatic carbocycles. The van der Waals surface area contributed by atoms with E-state index in [0.29, 0.717) is 22.6 Å². The Balaban J connectivity index is 1.92. The van der Waals surface area contributed by atoms with Gasteiger partial charge in [0.05, 0.1) is 17.2 Å². The van der Waals surface area contributed by atoms with Gasteiger partial charge in [0.2, 0.25) is 0 Å². The molecule has 4 nitrogen and oxygen atoms in total. The quantitative estimate of drug-likeness (QED) is 0.687. The van der Waals surface area contributed by atoms with Crippen LogP contribution in [0.25, 0.3) is 10.8 Å². The number of ether oxygens (including phenoxy) is 1. The fourth-order valence-electron chi connectivity index (χ4n) is 3.76. The van der Waals surface area contributed by atoms with Crippen LogP contribution in [0.3, 0.4) is 0 Å². The molecule has 1 aliphatic rings. The Kier molecular flexibility index (Phi) is 4.11. The van der Waals surface area contributed by atoms with Crippen molar-refractivity contribution >= 4 is 26.5 Å². The van der Waals surface area contributed by atoms with Crippen molar-refractivity contribution in [1.29, 1.82) is 0 Å². The molecule has 0 N–H and O–H groups in total. The van der Waals surface area contributed by atoms with Crippen molar-refractivity contribution < 1.29 is 13.2 Å². The lowest BCUT2D eigenvalue weighted by Gasteiger charge is -2.25. The molecule has 0 saturated heterocycles. The van der Waals surface area contributed by atoms with E-state index in [1.165, 1.54) is 0 Å². The molecule has 0 fully saturated rings. The fourth-order valence-corrected chi connectivity index (χ4v) is 5.65. The van der Waals surface area contributed by atoms with Crippen molar-refractivity contribution in [2.75, 3.05) is 10.9 Å². The van der Waals surface area contributed by atoms with E-state index in [-0.39, 0.29) is 6.04 Å². The largest absolute Gasteiger partial charge is 0.493 e. The summed E-state index contributed by atoms with van der Waals surface area (Å²) in [6.45, 7) is 4.41. The summed E-state index contributed by atoms with van der Waals surface area (Å²) in [4.78, 5) is 0.320. The summed E-state index contributed by atoms with van der Waals surface area (Å²) >= 11 is 0. The minimum absolute atomic E-state index is 0.109. The maximum atomic E-state index is 13.6. The second-order valence-corrected chi connectivity index (χ2v) is 8.31. The van der Waals surface area contributed by atoms with Gasteiger partial charge in [0.15, 0.2) is 0 Å². The molecule has 134 valence electrons. The van der Waals surface area contributed by atoms with E-state index in [1.807, 2.05) is 62.4 Å². The third-order valence-corrected chi connectivity index (χ3v) is 6.81. The summed E-state index contributed by atoms with van der Waals surface area (Å²) in [6, 6.07) is 18.5. The van der Waals surface area contributed by atoms with Gasteiger partial charge in [-0.1, -0.05) is 42.5 Å². The number of hydrogen-bond donors (Lipinski definition) is 0. The highest BCUT2D eigenvalue weighted by atomic mass is 32.2. The van der Waals surface area contributed by atoms with Crippen molar-refractivity contribution in [3.05, 3.63) is 66.2 Å². The van der Waals surface area contributed by atoms with Gasteiger partial charge in [-0.2, -0.15) is 0 Å². The zero-order chi connectivity index (χ0) is 18.3. The molecule has 3 aromatic carbocycles. The Morgan fingerprint density at radius 3 is 2.46 bits per heavy atom. The van der Waals surface area contributed by atoms with Gasteiger partial charge >= 0.3 is 0 Å². The first-order valence-electron chi connectivity index (χ1n) is 8.81. The van der Waals surface area contributed by atoms with Gasteiger partial charge in [-0.25, -0.2) is 8.42 Å². The maximum Gasteiger partial charge on any atom is 0.265 e. The van der Waals surface area contributed by atoms with Crippen LogP contribution in [0.15, 0.2) is 65.6 Å². The van der Waals surface area contributed by atoms with Crippen molar-refractivity contribution in [1.82, 2.24) is 0 Å². The molecule has 1 heterocycles. The zero-order valence-corrected chi connectivity index (χ0v) is 15.7. The number of para-hydroxylation sites is 1. The summed E-state index contributed by atoms with van der Waals surface area (Å²) in [5.41, 5.74) is 1.84. The van der Waals surface area contributed by atoms with Crippen LogP contribution in [-0.4, -0.2) is 21.1 Å². The Morgan fingerprint density at radius 1 is 1.00 bits per heavy atom. The number of nitrogens with zero attached hydrogens (tertiary/aromatic N) is 1. The second-order valence-electron chi connectivity index (χ2n) is 6.52. The Labute approximate surface area is 154 Å². The highest BCUT2D eigenvalue weighted by Crippen LogP contribution is 2.39. The molecule has 0 unspecified atom stereocenters. The molecule has 0 bridgehead atoms. The van der Waals surface area contributed by atoms with Crippen LogP contribution < -0.4 is 9.04 Å². The molecule has 26 heavy (non-hydrogen) atoms. The number of fused-ring (bicyclic) bond motifs is 2. The van der Waals surface area contributed by atoms with E-state index < -0.39 is 10.0 Å². The topological polar surface area (TPSA) is 46.6 Å². The van der Waals surface area contributed by atoms with E-state index in [4.69, 9.17) is 4.74 Å². The van der Waals surface area contributed by atoms with Gasteiger partial charge in [0.25, 0.3) is 10.0 Å². The van der Waals surface area contributed by atoms with Crippen molar-refractivity contribution in [2.45, 2.75) is 31.2 Å². The first-order valence-corrected chi connectivity index (χ1v) is 10.2. The number of benzene rings is 3. The number of rotatable bonds is 4. The van der Waals surface area contributed by atoms with Crippen molar-refractivity contribution in [3.63, 3.8) is 0 Å². The summed E-state index contributed by atoms with van der Waals surface area (Å²) < 4.78 is 34.4. The van der Waals surface area contributed by atoms with Gasteiger partial charge in [-0.15, -0.1) is 0 Å². The SMILES string of the molecule is CCOc1ccc(S(=O)(=O)N2c3ccccc3C[C@H]2C)c2ccccc12. The Morgan fingerprint density at radius 2 is 1.69 bits per heavy atom. The van der Waals surface area contributed by atoms with Gasteiger partial charge in [0.1, 0.15) is 5.75 Å². The van der Waals surface area contributed by atoms with Crippen molar-refractivity contribution in [2.24, 2.45) is 0 Å². The third kappa shape index (κ3) is 2.54. The minimum Gasteiger partial charge on any atom is -0.493 e. The first kappa shape index (κ1) is 16.9. The minimum atomic E-state index is -3.68. The molecule has 1 atom stereocenters. The summed E-state index contributed by atoms with van der Waals surface area (Å²) in [6.07, 6.45) is 0.727. The van der Waals surface area contributed by atoms with Gasteiger partial charge < -0.3 is 4.74 Å². The summed E-state index contributed by atoms with van der Waals surface area (Å²) in [5, 5.41) is 1.51. The predicted molar refractivity (Wildman–Crippen MR) is 104 cm³/mol. The zero-order valence-electron chi connectivity index (χ0n) is 14.8. The van der Waals surface area contributed by atoms with E-state index in [1.54, 1.807) is 16.4 Å². The molecule has 1 aliphatic heterocycles. The van der Waals surface area contributed by atoms with Crippen LogP contribution in [0.4, 0.5) is 5.69 Å². The maximum absolute atomic E-state index is 13.6. The van der Waals surface area contributed by atoms with Crippen LogP contribution in [0.5, 0.6) is 5.75 Å². The molecule has 0 spiro atoms. The normalized spacial score (nSPS) is 16.7. The summed E-state index contributed by atoms with van der Waals surface area (Å²) in [7, 11) is -3.68. The van der Waals surface area contributed by atoms with Gasteiger partial charge in [-0.3, -0.25) is 4.31 Å². The molecule has 5 heteroatoms. The standard InChI is InChI=1S/C21H21NO3S/c1-3-25-20-12-13-21(18-10-6-5-9-17(18)20)26(23,24)22-15(2)14-16-8-4-7-11-19(16)22/h4-13,15H,3,14H2,1-2H3/t15-/m1/s1. The van der Waals surface area contributed by atoms with E-state index in [9.17, 15) is 8.42 Å². The van der Waals surface area contributed by atoms with Crippen LogP contribution in [0, 0.1) is 0 Å². The number of hydrogen-bond acceptors (Lipinski definition) is 3. The van der Waals surface area contributed by atoms with Crippen LogP contribution in [0.1, 0.15) is 19.4 Å². The van der Waals surface area contributed by atoms with E-state index in [2.05, 4.69) is 0 Å². The average molecular weight is 367 g/mol. The average Bonchev–Trinajstić information content (AvgIpc) is 2.98. The molecule has 0 radical (unpaired) electrons. The highest BCUT2D eigenvalue weighted by molar-refractivity contribution is 7.93. The van der Waals surface area contributed by atoms with Crippen LogP contribution >= 0.6 is 0 Å². The summed E-state index contributed by atoms with van der Waals surface area (Å²) in [5.74, 6) is 0.705. The van der Waals surface area contributed by atoms with E-state index in [0.717, 1.165) is 23.1 Å². The number of anilines is 1. The highest BCUT2D eigenvalue weighted by Gasteiger charge is 2.36. The van der Waals surface area contributed by atoms with Crippen LogP contribution in [0.2, 0.25) is 0 Å². The van der Waals surface area contributed by atoms with Crippen LogP contribution in [-0.2, 0) is 16.4 Å². The van der Waals surface area contributed by atoms with Crippen molar-refractivity contribution in [3.8, 4) is 5.75 Å².